The number of ketones is 1. The Balaban J connectivity index is 2.24. The van der Waals surface area contributed by atoms with Gasteiger partial charge in [-0.25, -0.2) is 0 Å². The van der Waals surface area contributed by atoms with Crippen LogP contribution in [0.25, 0.3) is 0 Å². The lowest BCUT2D eigenvalue weighted by molar-refractivity contribution is -0.133. The summed E-state index contributed by atoms with van der Waals surface area (Å²) in [6.45, 7) is 2.24. The van der Waals surface area contributed by atoms with Gasteiger partial charge in [0.2, 0.25) is 0 Å². The van der Waals surface area contributed by atoms with Gasteiger partial charge in [-0.15, -0.1) is 0 Å². The first-order valence-electron chi connectivity index (χ1n) is 4.94. The zero-order valence-electron chi connectivity index (χ0n) is 7.68. The average Bonchev–Trinajstić information content (AvgIpc) is 2.50. The molecule has 0 saturated heterocycles. The SMILES string of the molecule is CC1CCCC(=O)C12CC=CC2. The lowest BCUT2D eigenvalue weighted by Crippen LogP contribution is -2.38. The van der Waals surface area contributed by atoms with Crippen LogP contribution in [-0.4, -0.2) is 5.78 Å². The molecule has 2 aliphatic carbocycles. The fourth-order valence-corrected chi connectivity index (χ4v) is 2.67. The van der Waals surface area contributed by atoms with E-state index in [4.69, 9.17) is 0 Å². The van der Waals surface area contributed by atoms with Crippen molar-refractivity contribution in [3.05, 3.63) is 12.2 Å². The molecule has 66 valence electrons. The molecule has 0 N–H and O–H groups in total. The third kappa shape index (κ3) is 0.954. The Morgan fingerprint density at radius 3 is 2.67 bits per heavy atom. The van der Waals surface area contributed by atoms with Crippen LogP contribution < -0.4 is 0 Å². The van der Waals surface area contributed by atoms with E-state index >= 15 is 0 Å². The van der Waals surface area contributed by atoms with Crippen LogP contribution >= 0.6 is 0 Å². The van der Waals surface area contributed by atoms with Crippen molar-refractivity contribution in [1.82, 2.24) is 0 Å². The van der Waals surface area contributed by atoms with Crippen molar-refractivity contribution in [2.45, 2.75) is 39.0 Å². The Morgan fingerprint density at radius 1 is 1.42 bits per heavy atom. The minimum Gasteiger partial charge on any atom is -0.299 e. The molecule has 0 aromatic heterocycles. The number of hydrogen-bond donors (Lipinski definition) is 0. The molecule has 0 aromatic rings. The predicted octanol–water partition coefficient (Wildman–Crippen LogP) is 2.71. The van der Waals surface area contributed by atoms with E-state index in [9.17, 15) is 4.79 Å². The Bertz CT molecular complexity index is 219. The molecule has 0 amide bonds. The largest absolute Gasteiger partial charge is 0.299 e. The van der Waals surface area contributed by atoms with E-state index in [-0.39, 0.29) is 5.41 Å². The van der Waals surface area contributed by atoms with Gasteiger partial charge in [0.15, 0.2) is 0 Å². The Hall–Kier alpha value is -0.590. The fourth-order valence-electron chi connectivity index (χ4n) is 2.67. The second-order valence-electron chi connectivity index (χ2n) is 4.25. The molecule has 0 aromatic carbocycles. The summed E-state index contributed by atoms with van der Waals surface area (Å²) in [6, 6.07) is 0. The highest BCUT2D eigenvalue weighted by molar-refractivity contribution is 5.86. The molecule has 1 nitrogen and oxygen atoms in total. The summed E-state index contributed by atoms with van der Waals surface area (Å²) in [5.74, 6) is 1.13. The Morgan fingerprint density at radius 2 is 2.08 bits per heavy atom. The van der Waals surface area contributed by atoms with Crippen LogP contribution in [0, 0.1) is 11.3 Å². The number of Topliss-reactive ketones (excluding diaryl/α,β-unsaturated/α-hetero) is 1. The third-order valence-electron chi connectivity index (χ3n) is 3.67. The number of carbonyl (C=O) groups is 1. The maximum absolute atomic E-state index is 11.8. The van der Waals surface area contributed by atoms with Gasteiger partial charge in [0.25, 0.3) is 0 Å². The van der Waals surface area contributed by atoms with Crippen molar-refractivity contribution in [3.63, 3.8) is 0 Å². The molecule has 0 radical (unpaired) electrons. The highest BCUT2D eigenvalue weighted by Gasteiger charge is 2.44. The summed E-state index contributed by atoms with van der Waals surface area (Å²) in [5.41, 5.74) is 0.0399. The van der Waals surface area contributed by atoms with Crippen LogP contribution in [0.2, 0.25) is 0 Å². The number of rotatable bonds is 0. The lowest BCUT2D eigenvalue weighted by Gasteiger charge is -2.37. The topological polar surface area (TPSA) is 17.1 Å². The molecule has 1 heteroatoms. The van der Waals surface area contributed by atoms with E-state index in [1.165, 1.54) is 6.42 Å². The van der Waals surface area contributed by atoms with Gasteiger partial charge in [0, 0.05) is 11.8 Å². The number of hydrogen-bond acceptors (Lipinski definition) is 1. The van der Waals surface area contributed by atoms with Crippen LogP contribution in [0.4, 0.5) is 0 Å². The van der Waals surface area contributed by atoms with E-state index in [1.807, 2.05) is 0 Å². The van der Waals surface area contributed by atoms with Gasteiger partial charge in [-0.1, -0.05) is 19.1 Å². The van der Waals surface area contributed by atoms with Gasteiger partial charge in [0.1, 0.15) is 5.78 Å². The molecule has 12 heavy (non-hydrogen) atoms. The number of allylic oxidation sites excluding steroid dienone is 2. The minimum absolute atomic E-state index is 0.0399. The smallest absolute Gasteiger partial charge is 0.139 e. The van der Waals surface area contributed by atoms with Gasteiger partial charge >= 0.3 is 0 Å². The number of carbonyl (C=O) groups excluding carboxylic acids is 1. The molecule has 1 atom stereocenters. The molecule has 2 rings (SSSR count). The normalized spacial score (nSPS) is 33.1. The highest BCUT2D eigenvalue weighted by Crippen LogP contribution is 2.47. The average molecular weight is 164 g/mol. The molecule has 0 heterocycles. The van der Waals surface area contributed by atoms with Gasteiger partial charge in [-0.05, 0) is 31.6 Å². The van der Waals surface area contributed by atoms with Crippen molar-refractivity contribution < 1.29 is 4.79 Å². The van der Waals surface area contributed by atoms with E-state index in [2.05, 4.69) is 19.1 Å². The standard InChI is InChI=1S/C11H16O/c1-9-5-4-6-10(12)11(9)7-2-3-8-11/h2-3,9H,4-8H2,1H3. The first kappa shape index (κ1) is 8.03. The van der Waals surface area contributed by atoms with E-state index in [0.29, 0.717) is 11.7 Å². The maximum Gasteiger partial charge on any atom is 0.139 e. The zero-order valence-corrected chi connectivity index (χ0v) is 7.68. The third-order valence-corrected chi connectivity index (χ3v) is 3.67. The summed E-state index contributed by atoms with van der Waals surface area (Å²) in [5, 5.41) is 0. The van der Waals surface area contributed by atoms with Crippen molar-refractivity contribution in [1.29, 1.82) is 0 Å². The second kappa shape index (κ2) is 2.72. The molecule has 0 bridgehead atoms. The van der Waals surface area contributed by atoms with Gasteiger partial charge in [-0.3, -0.25) is 4.79 Å². The molecule has 2 aliphatic rings. The van der Waals surface area contributed by atoms with Crippen LogP contribution in [0.3, 0.4) is 0 Å². The molecule has 1 unspecified atom stereocenters. The van der Waals surface area contributed by atoms with Crippen LogP contribution in [0.15, 0.2) is 12.2 Å². The summed E-state index contributed by atoms with van der Waals surface area (Å²) in [6.07, 6.45) is 9.56. The summed E-state index contributed by atoms with van der Waals surface area (Å²) in [4.78, 5) is 11.8. The molecule has 0 aliphatic heterocycles. The molecule has 1 fully saturated rings. The van der Waals surface area contributed by atoms with Crippen LogP contribution in [-0.2, 0) is 4.79 Å². The monoisotopic (exact) mass is 164 g/mol. The predicted molar refractivity (Wildman–Crippen MR) is 48.8 cm³/mol. The first-order valence-corrected chi connectivity index (χ1v) is 4.94. The van der Waals surface area contributed by atoms with E-state index < -0.39 is 0 Å². The highest BCUT2D eigenvalue weighted by atomic mass is 16.1. The lowest BCUT2D eigenvalue weighted by atomic mass is 9.65. The minimum atomic E-state index is 0.0399. The van der Waals surface area contributed by atoms with Crippen LogP contribution in [0.1, 0.15) is 39.0 Å². The fraction of sp³-hybridized carbons (Fsp3) is 0.727. The van der Waals surface area contributed by atoms with E-state index in [0.717, 1.165) is 25.7 Å². The van der Waals surface area contributed by atoms with Gasteiger partial charge in [0.05, 0.1) is 0 Å². The summed E-state index contributed by atoms with van der Waals surface area (Å²) >= 11 is 0. The Labute approximate surface area is 73.8 Å². The molecule has 1 spiro atoms. The summed E-state index contributed by atoms with van der Waals surface area (Å²) in [7, 11) is 0. The second-order valence-corrected chi connectivity index (χ2v) is 4.25. The van der Waals surface area contributed by atoms with E-state index in [1.54, 1.807) is 0 Å². The van der Waals surface area contributed by atoms with Crippen molar-refractivity contribution in [2.24, 2.45) is 11.3 Å². The molecular formula is C11H16O. The van der Waals surface area contributed by atoms with Crippen molar-refractivity contribution >= 4 is 5.78 Å². The van der Waals surface area contributed by atoms with Gasteiger partial charge < -0.3 is 0 Å². The Kier molecular flexibility index (Phi) is 1.82. The van der Waals surface area contributed by atoms with Gasteiger partial charge in [-0.2, -0.15) is 0 Å². The zero-order chi connectivity index (χ0) is 8.60. The summed E-state index contributed by atoms with van der Waals surface area (Å²) < 4.78 is 0. The van der Waals surface area contributed by atoms with Crippen molar-refractivity contribution in [2.75, 3.05) is 0 Å². The molecule has 1 saturated carbocycles. The van der Waals surface area contributed by atoms with Crippen LogP contribution in [0.5, 0.6) is 0 Å². The maximum atomic E-state index is 11.8. The quantitative estimate of drug-likeness (QED) is 0.503. The first-order chi connectivity index (χ1) is 5.76. The van der Waals surface area contributed by atoms with Crippen molar-refractivity contribution in [3.8, 4) is 0 Å². The molecular weight excluding hydrogens is 148 g/mol.